The molecule has 1 N–H and O–H groups in total. The lowest BCUT2D eigenvalue weighted by molar-refractivity contribution is 0.128. The average Bonchev–Trinajstić information content (AvgIpc) is 2.46. The maximum atomic E-state index is 6.33. The lowest BCUT2D eigenvalue weighted by Crippen LogP contribution is -2.43. The lowest BCUT2D eigenvalue weighted by atomic mass is 9.94. The Morgan fingerprint density at radius 1 is 1.05 bits per heavy atom. The third-order valence-corrected chi connectivity index (χ3v) is 4.50. The van der Waals surface area contributed by atoms with Crippen molar-refractivity contribution in [3.63, 3.8) is 0 Å². The fourth-order valence-corrected chi connectivity index (χ4v) is 3.19. The first-order valence-corrected chi connectivity index (χ1v) is 8.70. The first-order valence-electron chi connectivity index (χ1n) is 8.70. The Labute approximate surface area is 130 Å². The summed E-state index contributed by atoms with van der Waals surface area (Å²) in [6.07, 6.45) is 8.06. The molecule has 0 aliphatic heterocycles. The predicted octanol–water partition coefficient (Wildman–Crippen LogP) is 4.89. The van der Waals surface area contributed by atoms with Crippen molar-refractivity contribution >= 4 is 0 Å². The van der Waals surface area contributed by atoms with Crippen molar-refractivity contribution in [3.8, 4) is 5.75 Å². The van der Waals surface area contributed by atoms with Crippen molar-refractivity contribution in [3.05, 3.63) is 29.8 Å². The lowest BCUT2D eigenvalue weighted by Gasteiger charge is -2.30. The van der Waals surface area contributed by atoms with Crippen LogP contribution in [0.2, 0.25) is 0 Å². The molecular weight excluding hydrogens is 258 g/mol. The first kappa shape index (κ1) is 16.4. The van der Waals surface area contributed by atoms with Gasteiger partial charge in [0.15, 0.2) is 0 Å². The van der Waals surface area contributed by atoms with Gasteiger partial charge < -0.3 is 10.1 Å². The first-order chi connectivity index (χ1) is 10.2. The summed E-state index contributed by atoms with van der Waals surface area (Å²) in [6, 6.07) is 9.17. The highest BCUT2D eigenvalue weighted by Gasteiger charge is 2.23. The number of rotatable bonds is 5. The van der Waals surface area contributed by atoms with Gasteiger partial charge in [0.05, 0.1) is 0 Å². The molecule has 2 unspecified atom stereocenters. The monoisotopic (exact) mass is 289 g/mol. The largest absolute Gasteiger partial charge is 0.489 e. The van der Waals surface area contributed by atoms with Crippen LogP contribution >= 0.6 is 0 Å². The number of likely N-dealkylation sites (N-methyl/N-ethyl adjacent to an activating group) is 1. The highest BCUT2D eigenvalue weighted by atomic mass is 16.5. The van der Waals surface area contributed by atoms with E-state index in [4.69, 9.17) is 4.74 Å². The molecule has 0 heterocycles. The van der Waals surface area contributed by atoms with Crippen LogP contribution in [0.15, 0.2) is 24.3 Å². The maximum absolute atomic E-state index is 6.33. The minimum atomic E-state index is 0.315. The van der Waals surface area contributed by atoms with Gasteiger partial charge in [0.2, 0.25) is 0 Å². The zero-order valence-electron chi connectivity index (χ0n) is 13.9. The summed E-state index contributed by atoms with van der Waals surface area (Å²) < 4.78 is 6.33. The standard InChI is InChI=1S/C19H31NO/c1-4-20-18-9-7-5-6-8-10-19(18)21-17-13-11-16(12-14-17)15(2)3/h11-15,18-20H,4-10H2,1-3H3. The van der Waals surface area contributed by atoms with E-state index in [0.717, 1.165) is 12.3 Å². The Morgan fingerprint density at radius 3 is 2.33 bits per heavy atom. The Kier molecular flexibility index (Phi) is 6.56. The van der Waals surface area contributed by atoms with Gasteiger partial charge in [0.1, 0.15) is 11.9 Å². The van der Waals surface area contributed by atoms with E-state index in [-0.39, 0.29) is 0 Å². The van der Waals surface area contributed by atoms with Crippen molar-refractivity contribution in [1.29, 1.82) is 0 Å². The van der Waals surface area contributed by atoms with Crippen LogP contribution in [0.3, 0.4) is 0 Å². The minimum Gasteiger partial charge on any atom is -0.489 e. The zero-order chi connectivity index (χ0) is 15.1. The SMILES string of the molecule is CCNC1CCCCCCC1Oc1ccc(C(C)C)cc1. The minimum absolute atomic E-state index is 0.315. The third kappa shape index (κ3) is 5.03. The Balaban J connectivity index is 2.02. The van der Waals surface area contributed by atoms with Crippen molar-refractivity contribution in [2.45, 2.75) is 77.4 Å². The van der Waals surface area contributed by atoms with E-state index in [1.807, 2.05) is 0 Å². The van der Waals surface area contributed by atoms with Crippen molar-refractivity contribution in [1.82, 2.24) is 5.32 Å². The van der Waals surface area contributed by atoms with Crippen molar-refractivity contribution in [2.24, 2.45) is 0 Å². The van der Waals surface area contributed by atoms with E-state index in [1.54, 1.807) is 0 Å². The van der Waals surface area contributed by atoms with Gasteiger partial charge in [0.25, 0.3) is 0 Å². The topological polar surface area (TPSA) is 21.3 Å². The van der Waals surface area contributed by atoms with Crippen LogP contribution < -0.4 is 10.1 Å². The molecule has 0 amide bonds. The molecule has 1 fully saturated rings. The fourth-order valence-electron chi connectivity index (χ4n) is 3.19. The van der Waals surface area contributed by atoms with E-state index in [1.165, 1.54) is 44.1 Å². The van der Waals surface area contributed by atoms with Crippen molar-refractivity contribution in [2.75, 3.05) is 6.54 Å². The summed E-state index contributed by atoms with van der Waals surface area (Å²) >= 11 is 0. The molecule has 0 aromatic heterocycles. The summed E-state index contributed by atoms with van der Waals surface area (Å²) in [5, 5.41) is 3.63. The molecular formula is C19H31NO. The van der Waals surface area contributed by atoms with Gasteiger partial charge in [-0.25, -0.2) is 0 Å². The van der Waals surface area contributed by atoms with Gasteiger partial charge in [-0.1, -0.05) is 52.2 Å². The molecule has 0 radical (unpaired) electrons. The normalized spacial score (nSPS) is 23.6. The van der Waals surface area contributed by atoms with Gasteiger partial charge in [-0.3, -0.25) is 0 Å². The van der Waals surface area contributed by atoms with E-state index in [2.05, 4.69) is 50.4 Å². The molecule has 0 spiro atoms. The van der Waals surface area contributed by atoms with Gasteiger partial charge in [-0.2, -0.15) is 0 Å². The fraction of sp³-hybridized carbons (Fsp3) is 0.684. The van der Waals surface area contributed by atoms with E-state index >= 15 is 0 Å². The molecule has 0 bridgehead atoms. The molecule has 2 atom stereocenters. The molecule has 1 saturated carbocycles. The second-order valence-corrected chi connectivity index (χ2v) is 6.54. The Hall–Kier alpha value is -1.02. The zero-order valence-corrected chi connectivity index (χ0v) is 13.9. The summed E-state index contributed by atoms with van der Waals surface area (Å²) in [5.74, 6) is 1.60. The molecule has 1 aromatic carbocycles. The number of nitrogens with one attached hydrogen (secondary N) is 1. The molecule has 118 valence electrons. The van der Waals surface area contributed by atoms with Crippen LogP contribution in [0.25, 0.3) is 0 Å². The summed E-state index contributed by atoms with van der Waals surface area (Å²) in [7, 11) is 0. The number of ether oxygens (including phenoxy) is 1. The Morgan fingerprint density at radius 2 is 1.71 bits per heavy atom. The number of benzene rings is 1. The van der Waals surface area contributed by atoms with Gasteiger partial charge in [-0.05, 0) is 49.4 Å². The predicted molar refractivity (Wildman–Crippen MR) is 90.1 cm³/mol. The summed E-state index contributed by atoms with van der Waals surface area (Å²) in [5.41, 5.74) is 1.38. The molecule has 0 saturated heterocycles. The van der Waals surface area contributed by atoms with Crippen molar-refractivity contribution < 1.29 is 4.74 Å². The maximum Gasteiger partial charge on any atom is 0.119 e. The van der Waals surface area contributed by atoms with Gasteiger partial charge >= 0.3 is 0 Å². The summed E-state index contributed by atoms with van der Waals surface area (Å²) in [4.78, 5) is 0. The molecule has 2 rings (SSSR count). The highest BCUT2D eigenvalue weighted by Crippen LogP contribution is 2.24. The number of hydrogen-bond donors (Lipinski definition) is 1. The van der Waals surface area contributed by atoms with E-state index in [0.29, 0.717) is 18.1 Å². The Bertz CT molecular complexity index is 399. The molecule has 1 aliphatic carbocycles. The molecule has 2 heteroatoms. The number of hydrogen-bond acceptors (Lipinski definition) is 2. The smallest absolute Gasteiger partial charge is 0.119 e. The van der Waals surface area contributed by atoms with Gasteiger partial charge in [0, 0.05) is 6.04 Å². The average molecular weight is 289 g/mol. The third-order valence-electron chi connectivity index (χ3n) is 4.50. The second kappa shape index (κ2) is 8.43. The van der Waals surface area contributed by atoms with Crippen LogP contribution in [0.5, 0.6) is 5.75 Å². The second-order valence-electron chi connectivity index (χ2n) is 6.54. The molecule has 1 aromatic rings. The quantitative estimate of drug-likeness (QED) is 0.833. The molecule has 2 nitrogen and oxygen atoms in total. The van der Waals surface area contributed by atoms with Crippen LogP contribution in [-0.4, -0.2) is 18.7 Å². The highest BCUT2D eigenvalue weighted by molar-refractivity contribution is 5.29. The van der Waals surface area contributed by atoms with Crippen LogP contribution in [0, 0.1) is 0 Å². The molecule has 21 heavy (non-hydrogen) atoms. The van der Waals surface area contributed by atoms with Crippen LogP contribution in [0.1, 0.15) is 70.8 Å². The van der Waals surface area contributed by atoms with Crippen LogP contribution in [-0.2, 0) is 0 Å². The van der Waals surface area contributed by atoms with Gasteiger partial charge in [-0.15, -0.1) is 0 Å². The molecule has 1 aliphatic rings. The van der Waals surface area contributed by atoms with E-state index in [9.17, 15) is 0 Å². The van der Waals surface area contributed by atoms with E-state index < -0.39 is 0 Å². The summed E-state index contributed by atoms with van der Waals surface area (Å²) in [6.45, 7) is 7.67. The van der Waals surface area contributed by atoms with Crippen LogP contribution in [0.4, 0.5) is 0 Å².